The van der Waals surface area contributed by atoms with Crippen molar-refractivity contribution in [2.75, 3.05) is 25.5 Å². The lowest BCUT2D eigenvalue weighted by molar-refractivity contribution is -0.132. The highest BCUT2D eigenvalue weighted by Crippen LogP contribution is 2.04. The average Bonchev–Trinajstić information content (AvgIpc) is 2.36. The monoisotopic (exact) mass is 263 g/mol. The number of nitrogens with one attached hydrogen (secondary N) is 2. The summed E-state index contributed by atoms with van der Waals surface area (Å²) in [5.41, 5.74) is 0.730. The Labute approximate surface area is 114 Å². The highest BCUT2D eigenvalue weighted by atomic mass is 16.2. The number of nitrogens with zero attached hydrogens (tertiary/aromatic N) is 1. The van der Waals surface area contributed by atoms with Gasteiger partial charge >= 0.3 is 0 Å². The van der Waals surface area contributed by atoms with E-state index in [1.807, 2.05) is 32.0 Å². The summed E-state index contributed by atoms with van der Waals surface area (Å²) in [5, 5.41) is 5.77. The maximum absolute atomic E-state index is 11.7. The van der Waals surface area contributed by atoms with Gasteiger partial charge in [0.25, 0.3) is 0 Å². The molecular formula is C14H21N3O2. The first-order valence-electron chi connectivity index (χ1n) is 6.31. The van der Waals surface area contributed by atoms with E-state index < -0.39 is 0 Å². The van der Waals surface area contributed by atoms with Crippen LogP contribution in [0.3, 0.4) is 0 Å². The lowest BCUT2D eigenvalue weighted by atomic mass is 10.3. The maximum Gasteiger partial charge on any atom is 0.243 e. The Morgan fingerprint density at radius 2 is 1.84 bits per heavy atom. The van der Waals surface area contributed by atoms with Crippen molar-refractivity contribution in [3.8, 4) is 0 Å². The van der Waals surface area contributed by atoms with Crippen LogP contribution in [0.4, 0.5) is 5.69 Å². The molecular weight excluding hydrogens is 242 g/mol. The van der Waals surface area contributed by atoms with E-state index >= 15 is 0 Å². The molecule has 0 aliphatic rings. The van der Waals surface area contributed by atoms with Gasteiger partial charge in [-0.05, 0) is 12.1 Å². The van der Waals surface area contributed by atoms with E-state index in [0.717, 1.165) is 5.69 Å². The predicted octanol–water partition coefficient (Wildman–Crippen LogP) is 1.08. The van der Waals surface area contributed by atoms with E-state index in [-0.39, 0.29) is 30.9 Å². The van der Waals surface area contributed by atoms with E-state index in [2.05, 4.69) is 10.6 Å². The van der Waals surface area contributed by atoms with Crippen LogP contribution in [-0.2, 0) is 9.59 Å². The normalized spacial score (nSPS) is 10.3. The Kier molecular flexibility index (Phi) is 6.02. The Balaban J connectivity index is 2.37. The Bertz CT molecular complexity index is 418. The molecule has 2 amide bonds. The number of benzene rings is 1. The standard InChI is InChI=1S/C14H21N3O2/c1-11(2)15-9-14(19)17(3)10-13(18)16-12-7-5-4-6-8-12/h4-8,11,15H,9-10H2,1-3H3,(H,16,18). The second-order valence-corrected chi connectivity index (χ2v) is 4.70. The molecule has 0 aliphatic carbocycles. The van der Waals surface area contributed by atoms with Gasteiger partial charge in [-0.25, -0.2) is 0 Å². The molecule has 19 heavy (non-hydrogen) atoms. The van der Waals surface area contributed by atoms with Crippen LogP contribution >= 0.6 is 0 Å². The molecule has 0 bridgehead atoms. The fourth-order valence-electron chi connectivity index (χ4n) is 1.45. The summed E-state index contributed by atoms with van der Waals surface area (Å²) >= 11 is 0. The van der Waals surface area contributed by atoms with Crippen molar-refractivity contribution in [1.82, 2.24) is 10.2 Å². The lowest BCUT2D eigenvalue weighted by Crippen LogP contribution is -2.41. The average molecular weight is 263 g/mol. The van der Waals surface area contributed by atoms with Crippen molar-refractivity contribution in [2.24, 2.45) is 0 Å². The van der Waals surface area contributed by atoms with Gasteiger partial charge in [0.15, 0.2) is 0 Å². The van der Waals surface area contributed by atoms with Crippen molar-refractivity contribution < 1.29 is 9.59 Å². The Hall–Kier alpha value is -1.88. The molecule has 1 rings (SSSR count). The van der Waals surface area contributed by atoms with E-state index in [9.17, 15) is 9.59 Å². The molecule has 0 aliphatic heterocycles. The van der Waals surface area contributed by atoms with Gasteiger partial charge < -0.3 is 15.5 Å². The summed E-state index contributed by atoms with van der Waals surface area (Å²) in [6.45, 7) is 4.23. The van der Waals surface area contributed by atoms with Gasteiger partial charge in [-0.2, -0.15) is 0 Å². The fraction of sp³-hybridized carbons (Fsp3) is 0.429. The molecule has 104 valence electrons. The molecule has 1 aromatic carbocycles. The molecule has 1 aromatic rings. The van der Waals surface area contributed by atoms with Gasteiger partial charge in [0, 0.05) is 18.8 Å². The zero-order chi connectivity index (χ0) is 14.3. The van der Waals surface area contributed by atoms with Crippen LogP contribution in [0.15, 0.2) is 30.3 Å². The van der Waals surface area contributed by atoms with Crippen molar-refractivity contribution in [3.63, 3.8) is 0 Å². The molecule has 0 radical (unpaired) electrons. The molecule has 0 saturated carbocycles. The largest absolute Gasteiger partial charge is 0.335 e. The van der Waals surface area contributed by atoms with Crippen LogP contribution < -0.4 is 10.6 Å². The highest BCUT2D eigenvalue weighted by Gasteiger charge is 2.12. The van der Waals surface area contributed by atoms with Crippen molar-refractivity contribution in [3.05, 3.63) is 30.3 Å². The number of anilines is 1. The summed E-state index contributed by atoms with van der Waals surface area (Å²) < 4.78 is 0. The van der Waals surface area contributed by atoms with Gasteiger partial charge in [-0.3, -0.25) is 9.59 Å². The molecule has 0 aromatic heterocycles. The topological polar surface area (TPSA) is 61.4 Å². The number of carbonyl (C=O) groups is 2. The minimum absolute atomic E-state index is 0.0491. The summed E-state index contributed by atoms with van der Waals surface area (Å²) in [7, 11) is 1.62. The first kappa shape index (κ1) is 15.2. The van der Waals surface area contributed by atoms with Crippen LogP contribution in [0.5, 0.6) is 0 Å². The number of amides is 2. The predicted molar refractivity (Wildman–Crippen MR) is 75.8 cm³/mol. The van der Waals surface area contributed by atoms with E-state index in [0.29, 0.717) is 0 Å². The van der Waals surface area contributed by atoms with Crippen LogP contribution in [0.2, 0.25) is 0 Å². The first-order chi connectivity index (χ1) is 8.99. The zero-order valence-electron chi connectivity index (χ0n) is 11.6. The number of carbonyl (C=O) groups excluding carboxylic acids is 2. The van der Waals surface area contributed by atoms with Crippen LogP contribution in [0.1, 0.15) is 13.8 Å². The quantitative estimate of drug-likeness (QED) is 0.807. The summed E-state index contributed by atoms with van der Waals surface area (Å²) in [4.78, 5) is 24.9. The van der Waals surface area contributed by atoms with E-state index in [1.165, 1.54) is 4.90 Å². The van der Waals surface area contributed by atoms with E-state index in [4.69, 9.17) is 0 Å². The van der Waals surface area contributed by atoms with Crippen molar-refractivity contribution in [2.45, 2.75) is 19.9 Å². The fourth-order valence-corrected chi connectivity index (χ4v) is 1.45. The van der Waals surface area contributed by atoms with Gasteiger partial charge in [-0.1, -0.05) is 32.0 Å². The lowest BCUT2D eigenvalue weighted by Gasteiger charge is -2.18. The maximum atomic E-state index is 11.7. The SMILES string of the molecule is CC(C)NCC(=O)N(C)CC(=O)Nc1ccccc1. The second-order valence-electron chi connectivity index (χ2n) is 4.70. The molecule has 0 heterocycles. The van der Waals surface area contributed by atoms with Crippen molar-refractivity contribution in [1.29, 1.82) is 0 Å². The van der Waals surface area contributed by atoms with Gasteiger partial charge in [-0.15, -0.1) is 0 Å². The molecule has 5 nitrogen and oxygen atoms in total. The van der Waals surface area contributed by atoms with Crippen molar-refractivity contribution >= 4 is 17.5 Å². The molecule has 5 heteroatoms. The summed E-state index contributed by atoms with van der Waals surface area (Å²) in [6, 6.07) is 9.42. The molecule has 2 N–H and O–H groups in total. The third-order valence-electron chi connectivity index (χ3n) is 2.53. The van der Waals surface area contributed by atoms with Gasteiger partial charge in [0.1, 0.15) is 0 Å². The second kappa shape index (κ2) is 7.53. The number of para-hydroxylation sites is 1. The van der Waals surface area contributed by atoms with Gasteiger partial charge in [0.2, 0.25) is 11.8 Å². The third-order valence-corrected chi connectivity index (χ3v) is 2.53. The van der Waals surface area contributed by atoms with E-state index in [1.54, 1.807) is 19.2 Å². The zero-order valence-corrected chi connectivity index (χ0v) is 11.6. The number of likely N-dealkylation sites (N-methyl/N-ethyl adjacent to an activating group) is 1. The Morgan fingerprint density at radius 3 is 2.42 bits per heavy atom. The minimum Gasteiger partial charge on any atom is -0.335 e. The molecule has 0 spiro atoms. The summed E-state index contributed by atoms with van der Waals surface area (Å²) in [5.74, 6) is -0.302. The summed E-state index contributed by atoms with van der Waals surface area (Å²) in [6.07, 6.45) is 0. The van der Waals surface area contributed by atoms with Crippen LogP contribution in [0, 0.1) is 0 Å². The smallest absolute Gasteiger partial charge is 0.243 e. The molecule has 0 fully saturated rings. The van der Waals surface area contributed by atoms with Gasteiger partial charge in [0.05, 0.1) is 13.1 Å². The third kappa shape index (κ3) is 6.01. The Morgan fingerprint density at radius 1 is 1.21 bits per heavy atom. The number of hydrogen-bond donors (Lipinski definition) is 2. The molecule has 0 atom stereocenters. The highest BCUT2D eigenvalue weighted by molar-refractivity contribution is 5.94. The molecule has 0 saturated heterocycles. The molecule has 0 unspecified atom stereocenters. The van der Waals surface area contributed by atoms with Crippen LogP contribution in [0.25, 0.3) is 0 Å². The van der Waals surface area contributed by atoms with Crippen LogP contribution in [-0.4, -0.2) is 42.9 Å². The number of hydrogen-bond acceptors (Lipinski definition) is 3. The number of rotatable bonds is 6. The minimum atomic E-state index is -0.202. The first-order valence-corrected chi connectivity index (χ1v) is 6.31.